The fourth-order valence-corrected chi connectivity index (χ4v) is 3.99. The number of fused-ring (bicyclic) bond motifs is 1. The number of hydrogen-bond donors (Lipinski definition) is 0. The summed E-state index contributed by atoms with van der Waals surface area (Å²) in [6, 6.07) is 10.8. The van der Waals surface area contributed by atoms with Gasteiger partial charge in [0, 0.05) is 56.2 Å². The molecule has 1 amide bonds. The molecule has 2 saturated heterocycles. The summed E-state index contributed by atoms with van der Waals surface area (Å²) < 4.78 is 0. The van der Waals surface area contributed by atoms with Gasteiger partial charge in [-0.2, -0.15) is 0 Å². The average Bonchev–Trinajstić information content (AvgIpc) is 3.09. The van der Waals surface area contributed by atoms with Crippen LogP contribution >= 0.6 is 0 Å². The zero-order valence-corrected chi connectivity index (χ0v) is 13.9. The van der Waals surface area contributed by atoms with E-state index in [0.717, 1.165) is 36.5 Å². The lowest BCUT2D eigenvalue weighted by Crippen LogP contribution is -2.36. The van der Waals surface area contributed by atoms with Crippen LogP contribution in [0.25, 0.3) is 0 Å². The summed E-state index contributed by atoms with van der Waals surface area (Å²) in [6.07, 6.45) is 5.25. The average molecular weight is 322 g/mol. The highest BCUT2D eigenvalue weighted by atomic mass is 16.2. The van der Waals surface area contributed by atoms with Gasteiger partial charge >= 0.3 is 0 Å². The molecule has 0 bridgehead atoms. The number of carbonyl (C=O) groups excluding carboxylic acids is 1. The highest BCUT2D eigenvalue weighted by Gasteiger charge is 2.46. The number of aryl methyl sites for hydroxylation is 1. The van der Waals surface area contributed by atoms with E-state index in [-0.39, 0.29) is 5.91 Å². The van der Waals surface area contributed by atoms with Crippen LogP contribution in [0.1, 0.15) is 29.8 Å². The quantitative estimate of drug-likeness (QED) is 0.865. The van der Waals surface area contributed by atoms with Gasteiger partial charge in [0.15, 0.2) is 0 Å². The van der Waals surface area contributed by atoms with E-state index >= 15 is 0 Å². The second-order valence-corrected chi connectivity index (χ2v) is 6.75. The van der Waals surface area contributed by atoms with Crippen LogP contribution in [0.5, 0.6) is 0 Å². The minimum atomic E-state index is 0.267. The third-order valence-electron chi connectivity index (χ3n) is 5.14. The monoisotopic (exact) mass is 322 g/mol. The topological polar surface area (TPSA) is 49.3 Å². The number of nitrogens with zero attached hydrogens (tertiary/aromatic N) is 4. The molecule has 0 aliphatic carbocycles. The van der Waals surface area contributed by atoms with E-state index in [1.54, 1.807) is 12.4 Å². The van der Waals surface area contributed by atoms with Crippen molar-refractivity contribution in [1.82, 2.24) is 19.8 Å². The van der Waals surface area contributed by atoms with E-state index in [1.807, 2.05) is 25.1 Å². The predicted molar refractivity (Wildman–Crippen MR) is 91.0 cm³/mol. The number of rotatable bonds is 4. The molecule has 2 aromatic rings. The Morgan fingerprint density at radius 3 is 2.75 bits per heavy atom. The molecule has 5 nitrogen and oxygen atoms in total. The molecule has 2 fully saturated rings. The van der Waals surface area contributed by atoms with Crippen LogP contribution in [0, 0.1) is 6.92 Å². The van der Waals surface area contributed by atoms with Crippen LogP contribution in [0.15, 0.2) is 42.7 Å². The zero-order chi connectivity index (χ0) is 16.5. The molecule has 0 radical (unpaired) electrons. The first-order valence-corrected chi connectivity index (χ1v) is 8.55. The number of pyridine rings is 2. The smallest absolute Gasteiger partial charge is 0.224 e. The summed E-state index contributed by atoms with van der Waals surface area (Å²) in [5.74, 6) is 0.267. The number of likely N-dealkylation sites (tertiary alicyclic amines) is 2. The standard InChI is InChI=1S/C19H22N4O/c1-14-3-2-4-16(21-14)13-22-10-7-17-18(22)11-19(24)23(17)12-15-5-8-20-9-6-15/h2-6,8-9,17-18H,7,10-13H2,1H3/t17-,18+/m0/s1. The number of carbonyl (C=O) groups is 1. The zero-order valence-electron chi connectivity index (χ0n) is 13.9. The van der Waals surface area contributed by atoms with Crippen molar-refractivity contribution in [2.75, 3.05) is 6.54 Å². The van der Waals surface area contributed by atoms with E-state index in [9.17, 15) is 4.79 Å². The normalized spacial score (nSPS) is 23.7. The highest BCUT2D eigenvalue weighted by Crippen LogP contribution is 2.34. The lowest BCUT2D eigenvalue weighted by molar-refractivity contribution is -0.129. The number of hydrogen-bond acceptors (Lipinski definition) is 4. The van der Waals surface area contributed by atoms with Gasteiger partial charge in [-0.1, -0.05) is 6.07 Å². The molecule has 2 atom stereocenters. The summed E-state index contributed by atoms with van der Waals surface area (Å²) in [5.41, 5.74) is 3.29. The van der Waals surface area contributed by atoms with Gasteiger partial charge in [0.1, 0.15) is 0 Å². The summed E-state index contributed by atoms with van der Waals surface area (Å²) in [5, 5.41) is 0. The van der Waals surface area contributed by atoms with Crippen molar-refractivity contribution in [3.05, 3.63) is 59.7 Å². The Hall–Kier alpha value is -2.27. The Kier molecular flexibility index (Phi) is 4.02. The van der Waals surface area contributed by atoms with Crippen LogP contribution in [-0.2, 0) is 17.9 Å². The molecule has 5 heteroatoms. The minimum absolute atomic E-state index is 0.267. The van der Waals surface area contributed by atoms with Crippen LogP contribution in [0.4, 0.5) is 0 Å². The largest absolute Gasteiger partial charge is 0.334 e. The highest BCUT2D eigenvalue weighted by molar-refractivity contribution is 5.80. The van der Waals surface area contributed by atoms with Crippen LogP contribution < -0.4 is 0 Å². The molecule has 0 unspecified atom stereocenters. The fourth-order valence-electron chi connectivity index (χ4n) is 3.99. The maximum absolute atomic E-state index is 12.5. The van der Waals surface area contributed by atoms with E-state index in [4.69, 9.17) is 0 Å². The maximum Gasteiger partial charge on any atom is 0.224 e. The van der Waals surface area contributed by atoms with E-state index in [0.29, 0.717) is 25.0 Å². The molecule has 2 aliphatic rings. The van der Waals surface area contributed by atoms with Gasteiger partial charge in [-0.25, -0.2) is 0 Å². The van der Waals surface area contributed by atoms with Crippen molar-refractivity contribution in [2.45, 2.75) is 44.9 Å². The molecule has 4 heterocycles. The first-order valence-electron chi connectivity index (χ1n) is 8.55. The van der Waals surface area contributed by atoms with Crippen LogP contribution in [0.3, 0.4) is 0 Å². The Morgan fingerprint density at radius 2 is 1.96 bits per heavy atom. The SMILES string of the molecule is Cc1cccc(CN2CC[C@H]3[C@H]2CC(=O)N3Cc2ccncc2)n1. The van der Waals surface area contributed by atoms with E-state index < -0.39 is 0 Å². The van der Waals surface area contributed by atoms with E-state index in [2.05, 4.69) is 31.9 Å². The molecule has 124 valence electrons. The molecular formula is C19H22N4O. The Labute approximate surface area is 142 Å². The summed E-state index contributed by atoms with van der Waals surface area (Å²) in [6.45, 7) is 4.58. The summed E-state index contributed by atoms with van der Waals surface area (Å²) in [7, 11) is 0. The molecular weight excluding hydrogens is 300 g/mol. The molecule has 2 aromatic heterocycles. The molecule has 0 spiro atoms. The van der Waals surface area contributed by atoms with Gasteiger partial charge in [0.05, 0.1) is 5.69 Å². The van der Waals surface area contributed by atoms with Crippen molar-refractivity contribution < 1.29 is 4.79 Å². The molecule has 2 aliphatic heterocycles. The summed E-state index contributed by atoms with van der Waals surface area (Å²) >= 11 is 0. The number of amides is 1. The van der Waals surface area contributed by atoms with Gasteiger partial charge in [-0.05, 0) is 43.2 Å². The molecule has 0 N–H and O–H groups in total. The molecule has 24 heavy (non-hydrogen) atoms. The van der Waals surface area contributed by atoms with Crippen molar-refractivity contribution in [1.29, 1.82) is 0 Å². The first-order chi connectivity index (χ1) is 11.7. The molecule has 4 rings (SSSR count). The predicted octanol–water partition coefficient (Wildman–Crippen LogP) is 2.16. The second kappa shape index (κ2) is 6.32. The lowest BCUT2D eigenvalue weighted by Gasteiger charge is -2.25. The second-order valence-electron chi connectivity index (χ2n) is 6.75. The van der Waals surface area contributed by atoms with Gasteiger partial charge in [0.25, 0.3) is 0 Å². The van der Waals surface area contributed by atoms with Crippen molar-refractivity contribution in [2.24, 2.45) is 0 Å². The fraction of sp³-hybridized carbons (Fsp3) is 0.421. The van der Waals surface area contributed by atoms with Crippen molar-refractivity contribution in [3.63, 3.8) is 0 Å². The van der Waals surface area contributed by atoms with Crippen LogP contribution in [-0.4, -0.2) is 44.3 Å². The maximum atomic E-state index is 12.5. The van der Waals surface area contributed by atoms with Crippen LogP contribution in [0.2, 0.25) is 0 Å². The summed E-state index contributed by atoms with van der Waals surface area (Å²) in [4.78, 5) is 25.7. The number of aromatic nitrogens is 2. The van der Waals surface area contributed by atoms with Crippen molar-refractivity contribution in [3.8, 4) is 0 Å². The lowest BCUT2D eigenvalue weighted by atomic mass is 10.1. The van der Waals surface area contributed by atoms with E-state index in [1.165, 1.54) is 0 Å². The third kappa shape index (κ3) is 2.91. The van der Waals surface area contributed by atoms with Gasteiger partial charge in [-0.15, -0.1) is 0 Å². The van der Waals surface area contributed by atoms with Crippen molar-refractivity contribution >= 4 is 5.91 Å². The first kappa shape index (κ1) is 15.3. The van der Waals surface area contributed by atoms with Gasteiger partial charge < -0.3 is 4.90 Å². The van der Waals surface area contributed by atoms with Gasteiger partial charge in [0.2, 0.25) is 5.91 Å². The Balaban J connectivity index is 1.47. The minimum Gasteiger partial charge on any atom is -0.334 e. The molecule has 0 saturated carbocycles. The third-order valence-corrected chi connectivity index (χ3v) is 5.14. The molecule has 0 aromatic carbocycles. The van der Waals surface area contributed by atoms with Gasteiger partial charge in [-0.3, -0.25) is 19.7 Å². The Bertz CT molecular complexity index is 733. The Morgan fingerprint density at radius 1 is 1.12 bits per heavy atom.